The fraction of sp³-hybridized carbons (Fsp3) is 0.462. The van der Waals surface area contributed by atoms with Gasteiger partial charge in [-0.05, 0) is 32.0 Å². The molecule has 0 spiro atoms. The Morgan fingerprint density at radius 2 is 2.24 bits per heavy atom. The second-order valence-corrected chi connectivity index (χ2v) is 5.02. The van der Waals surface area contributed by atoms with Crippen LogP contribution in [0.25, 0.3) is 0 Å². The Bertz CT molecular complexity index is 452. The highest BCUT2D eigenvalue weighted by Crippen LogP contribution is 2.27. The van der Waals surface area contributed by atoms with Gasteiger partial charge < -0.3 is 10.2 Å². The maximum Gasteiger partial charge on any atom is 0.101 e. The van der Waals surface area contributed by atoms with Crippen LogP contribution in [-0.2, 0) is 0 Å². The molecule has 1 aromatic carbocycles. The average Bonchev–Trinajstić information content (AvgIpc) is 2.32. The van der Waals surface area contributed by atoms with Crippen LogP contribution in [0.5, 0.6) is 0 Å². The number of nitriles is 1. The fourth-order valence-corrected chi connectivity index (χ4v) is 2.36. The minimum atomic E-state index is 0.372. The van der Waals surface area contributed by atoms with Crippen LogP contribution < -0.4 is 10.2 Å². The van der Waals surface area contributed by atoms with Gasteiger partial charge in [-0.25, -0.2) is 0 Å². The molecule has 0 radical (unpaired) electrons. The van der Waals surface area contributed by atoms with Gasteiger partial charge in [-0.1, -0.05) is 11.6 Å². The number of rotatable bonds is 1. The quantitative estimate of drug-likeness (QED) is 0.831. The predicted molar refractivity (Wildman–Crippen MR) is 70.4 cm³/mol. The molecule has 2 unspecified atom stereocenters. The Morgan fingerprint density at radius 3 is 2.94 bits per heavy atom. The van der Waals surface area contributed by atoms with E-state index < -0.39 is 0 Å². The van der Waals surface area contributed by atoms with Crippen molar-refractivity contribution >= 4 is 17.3 Å². The SMILES string of the molecule is CC1CN(c2cc(Cl)ccc2C#N)C(C)CN1. The molecule has 90 valence electrons. The normalized spacial score (nSPS) is 24.5. The Balaban J connectivity index is 2.38. The highest BCUT2D eigenvalue weighted by Gasteiger charge is 2.24. The van der Waals surface area contributed by atoms with Gasteiger partial charge in [0.05, 0.1) is 11.3 Å². The molecule has 1 aliphatic heterocycles. The number of halogens is 1. The van der Waals surface area contributed by atoms with Crippen molar-refractivity contribution in [2.75, 3.05) is 18.0 Å². The third kappa shape index (κ3) is 2.54. The number of benzene rings is 1. The molecule has 0 aliphatic carbocycles. The molecule has 1 aromatic rings. The van der Waals surface area contributed by atoms with Crippen molar-refractivity contribution in [3.63, 3.8) is 0 Å². The maximum atomic E-state index is 9.16. The van der Waals surface area contributed by atoms with E-state index in [0.717, 1.165) is 18.8 Å². The molecular formula is C13H16ClN3. The van der Waals surface area contributed by atoms with Gasteiger partial charge in [0, 0.05) is 30.2 Å². The molecule has 1 N–H and O–H groups in total. The van der Waals surface area contributed by atoms with Crippen molar-refractivity contribution < 1.29 is 0 Å². The summed E-state index contributed by atoms with van der Waals surface area (Å²) in [6, 6.07) is 8.47. The lowest BCUT2D eigenvalue weighted by Gasteiger charge is -2.39. The van der Waals surface area contributed by atoms with Crippen molar-refractivity contribution in [3.05, 3.63) is 28.8 Å². The second kappa shape index (κ2) is 4.95. The summed E-state index contributed by atoms with van der Waals surface area (Å²) >= 11 is 6.03. The van der Waals surface area contributed by atoms with Crippen LogP contribution in [0.15, 0.2) is 18.2 Å². The summed E-state index contributed by atoms with van der Waals surface area (Å²) in [5.74, 6) is 0. The molecule has 1 aliphatic rings. The summed E-state index contributed by atoms with van der Waals surface area (Å²) in [4.78, 5) is 2.26. The summed E-state index contributed by atoms with van der Waals surface area (Å²) in [5, 5.41) is 13.3. The van der Waals surface area contributed by atoms with Gasteiger partial charge in [-0.2, -0.15) is 5.26 Å². The van der Waals surface area contributed by atoms with E-state index in [2.05, 4.69) is 30.1 Å². The van der Waals surface area contributed by atoms with E-state index in [1.54, 1.807) is 12.1 Å². The molecule has 0 amide bonds. The zero-order chi connectivity index (χ0) is 12.4. The van der Waals surface area contributed by atoms with Crippen LogP contribution in [0.3, 0.4) is 0 Å². The van der Waals surface area contributed by atoms with Crippen LogP contribution in [0.2, 0.25) is 5.02 Å². The Kier molecular flexibility index (Phi) is 3.56. The van der Waals surface area contributed by atoms with Gasteiger partial charge in [0.15, 0.2) is 0 Å². The molecular weight excluding hydrogens is 234 g/mol. The van der Waals surface area contributed by atoms with Crippen molar-refractivity contribution in [2.24, 2.45) is 0 Å². The van der Waals surface area contributed by atoms with Gasteiger partial charge >= 0.3 is 0 Å². The molecule has 0 saturated carbocycles. The lowest BCUT2D eigenvalue weighted by molar-refractivity contribution is 0.425. The van der Waals surface area contributed by atoms with E-state index in [4.69, 9.17) is 16.9 Å². The van der Waals surface area contributed by atoms with Crippen LogP contribution in [0, 0.1) is 11.3 Å². The maximum absolute atomic E-state index is 9.16. The molecule has 1 fully saturated rings. The standard InChI is InChI=1S/C13H16ClN3/c1-9-8-17(10(2)7-16-9)13-5-12(14)4-3-11(13)6-15/h3-5,9-10,16H,7-8H2,1-2H3. The van der Waals surface area contributed by atoms with Gasteiger partial charge in [-0.3, -0.25) is 0 Å². The molecule has 2 rings (SSSR count). The molecule has 2 atom stereocenters. The number of nitrogens with zero attached hydrogens (tertiary/aromatic N) is 2. The highest BCUT2D eigenvalue weighted by atomic mass is 35.5. The van der Waals surface area contributed by atoms with Gasteiger partial charge in [0.25, 0.3) is 0 Å². The molecule has 3 nitrogen and oxygen atoms in total. The summed E-state index contributed by atoms with van der Waals surface area (Å²) < 4.78 is 0. The second-order valence-electron chi connectivity index (χ2n) is 4.58. The topological polar surface area (TPSA) is 39.1 Å². The molecule has 0 aromatic heterocycles. The Morgan fingerprint density at radius 1 is 1.47 bits per heavy atom. The van der Waals surface area contributed by atoms with Crippen LogP contribution >= 0.6 is 11.6 Å². The third-order valence-electron chi connectivity index (χ3n) is 3.15. The van der Waals surface area contributed by atoms with Crippen molar-refractivity contribution in [1.82, 2.24) is 5.32 Å². The Hall–Kier alpha value is -1.24. The Labute approximate surface area is 107 Å². The first-order chi connectivity index (χ1) is 8.11. The first-order valence-corrected chi connectivity index (χ1v) is 6.19. The van der Waals surface area contributed by atoms with E-state index in [9.17, 15) is 0 Å². The van der Waals surface area contributed by atoms with E-state index in [0.29, 0.717) is 22.7 Å². The van der Waals surface area contributed by atoms with Crippen LogP contribution in [0.1, 0.15) is 19.4 Å². The van der Waals surface area contributed by atoms with E-state index in [-0.39, 0.29) is 0 Å². The largest absolute Gasteiger partial charge is 0.365 e. The molecule has 1 heterocycles. The van der Waals surface area contributed by atoms with E-state index >= 15 is 0 Å². The zero-order valence-corrected chi connectivity index (χ0v) is 10.8. The number of nitrogens with one attached hydrogen (secondary N) is 1. The minimum Gasteiger partial charge on any atom is -0.365 e. The van der Waals surface area contributed by atoms with Gasteiger partial charge in [-0.15, -0.1) is 0 Å². The van der Waals surface area contributed by atoms with Gasteiger partial charge in [0.2, 0.25) is 0 Å². The number of piperazine rings is 1. The monoisotopic (exact) mass is 249 g/mol. The minimum absolute atomic E-state index is 0.372. The predicted octanol–water partition coefficient (Wildman–Crippen LogP) is 2.40. The highest BCUT2D eigenvalue weighted by molar-refractivity contribution is 6.30. The van der Waals surface area contributed by atoms with Crippen molar-refractivity contribution in [2.45, 2.75) is 25.9 Å². The number of hydrogen-bond acceptors (Lipinski definition) is 3. The van der Waals surface area contributed by atoms with Crippen molar-refractivity contribution in [3.8, 4) is 6.07 Å². The summed E-state index contributed by atoms with van der Waals surface area (Å²) in [6.07, 6.45) is 0. The lowest BCUT2D eigenvalue weighted by Crippen LogP contribution is -2.54. The zero-order valence-electron chi connectivity index (χ0n) is 10.1. The number of anilines is 1. The fourth-order valence-electron chi connectivity index (χ4n) is 2.19. The van der Waals surface area contributed by atoms with Gasteiger partial charge in [0.1, 0.15) is 6.07 Å². The molecule has 1 saturated heterocycles. The smallest absolute Gasteiger partial charge is 0.101 e. The summed E-state index contributed by atoms with van der Waals surface area (Å²) in [6.45, 7) is 6.13. The molecule has 17 heavy (non-hydrogen) atoms. The van der Waals surface area contributed by atoms with Crippen molar-refractivity contribution in [1.29, 1.82) is 5.26 Å². The van der Waals surface area contributed by atoms with E-state index in [1.165, 1.54) is 0 Å². The third-order valence-corrected chi connectivity index (χ3v) is 3.39. The number of hydrogen-bond donors (Lipinski definition) is 1. The van der Waals surface area contributed by atoms with Crippen LogP contribution in [-0.4, -0.2) is 25.2 Å². The summed E-state index contributed by atoms with van der Waals surface area (Å²) in [7, 11) is 0. The lowest BCUT2D eigenvalue weighted by atomic mass is 10.1. The summed E-state index contributed by atoms with van der Waals surface area (Å²) in [5.41, 5.74) is 1.64. The first kappa shape index (κ1) is 12.2. The molecule has 4 heteroatoms. The molecule has 0 bridgehead atoms. The van der Waals surface area contributed by atoms with E-state index in [1.807, 2.05) is 6.07 Å². The first-order valence-electron chi connectivity index (χ1n) is 5.81. The average molecular weight is 250 g/mol. The van der Waals surface area contributed by atoms with Crippen LogP contribution in [0.4, 0.5) is 5.69 Å².